The highest BCUT2D eigenvalue weighted by atomic mass is 16.2. The number of carbonyl (C=O) groups excluding carboxylic acids is 2. The van der Waals surface area contributed by atoms with E-state index in [1.807, 2.05) is 0 Å². The van der Waals surface area contributed by atoms with Crippen LogP contribution in [0, 0.1) is 17.8 Å². The molecule has 21 heavy (non-hydrogen) atoms. The number of urea groups is 1. The lowest BCUT2D eigenvalue weighted by Gasteiger charge is -2.54. The maximum atomic E-state index is 11.9. The average Bonchev–Trinajstić information content (AvgIpc) is 2.42. The first-order chi connectivity index (χ1) is 10.1. The lowest BCUT2D eigenvalue weighted by Crippen LogP contribution is -3.00. The van der Waals surface area contributed by atoms with Gasteiger partial charge in [0, 0.05) is 25.8 Å². The Morgan fingerprint density at radius 1 is 1.14 bits per heavy atom. The molecule has 4 bridgehead atoms. The number of carbonyl (C=O) groups is 2. The van der Waals surface area contributed by atoms with E-state index in [0.29, 0.717) is 13.1 Å². The van der Waals surface area contributed by atoms with Crippen molar-refractivity contribution in [1.82, 2.24) is 10.6 Å². The number of rotatable bonds is 5. The summed E-state index contributed by atoms with van der Waals surface area (Å²) in [6.45, 7) is 4.25. The smallest absolute Gasteiger partial charge is 0.321 e. The minimum atomic E-state index is -0.432. The normalized spacial score (nSPS) is 36.3. The second-order valence-electron chi connectivity index (χ2n) is 7.24. The van der Waals surface area contributed by atoms with Gasteiger partial charge in [-0.2, -0.15) is 0 Å². The van der Waals surface area contributed by atoms with Crippen LogP contribution >= 0.6 is 0 Å². The van der Waals surface area contributed by atoms with Gasteiger partial charge in [-0.25, -0.2) is 4.79 Å². The van der Waals surface area contributed by atoms with Crippen LogP contribution in [-0.2, 0) is 4.79 Å². The van der Waals surface area contributed by atoms with Gasteiger partial charge in [-0.15, -0.1) is 6.58 Å². The van der Waals surface area contributed by atoms with Gasteiger partial charge >= 0.3 is 6.03 Å². The molecule has 116 valence electrons. The number of nitrogens with one attached hydrogen (secondary N) is 2. The molecule has 0 saturated heterocycles. The second kappa shape index (κ2) is 5.79. The molecular weight excluding hydrogens is 266 g/mol. The molecule has 5 nitrogen and oxygen atoms in total. The Kier molecular flexibility index (Phi) is 4.02. The van der Waals surface area contributed by atoms with E-state index in [-0.39, 0.29) is 11.4 Å². The zero-order valence-corrected chi connectivity index (χ0v) is 12.6. The summed E-state index contributed by atoms with van der Waals surface area (Å²) in [4.78, 5) is 23.3. The van der Waals surface area contributed by atoms with Gasteiger partial charge in [-0.1, -0.05) is 6.08 Å². The third-order valence-corrected chi connectivity index (χ3v) is 5.47. The third-order valence-electron chi connectivity index (χ3n) is 5.47. The third kappa shape index (κ3) is 3.28. The predicted octanol–water partition coefficient (Wildman–Crippen LogP) is 0.530. The number of quaternary nitrogens is 1. The summed E-state index contributed by atoms with van der Waals surface area (Å²) in [5, 5.41) is 7.15. The first kappa shape index (κ1) is 14.6. The molecule has 4 saturated carbocycles. The number of amides is 3. The summed E-state index contributed by atoms with van der Waals surface area (Å²) in [5.41, 5.74) is 0.281. The minimum absolute atomic E-state index is 0.202. The van der Waals surface area contributed by atoms with Crippen LogP contribution in [0.5, 0.6) is 0 Å². The Labute approximate surface area is 125 Å². The van der Waals surface area contributed by atoms with Gasteiger partial charge in [-0.3, -0.25) is 10.1 Å². The number of hydrogen-bond donors (Lipinski definition) is 3. The van der Waals surface area contributed by atoms with Crippen molar-refractivity contribution in [2.24, 2.45) is 17.8 Å². The van der Waals surface area contributed by atoms with Crippen molar-refractivity contribution >= 4 is 11.9 Å². The molecule has 0 heterocycles. The van der Waals surface area contributed by atoms with Gasteiger partial charge in [0.05, 0.1) is 5.54 Å². The Hall–Kier alpha value is -1.36. The van der Waals surface area contributed by atoms with E-state index in [0.717, 1.165) is 17.8 Å². The van der Waals surface area contributed by atoms with Crippen LogP contribution in [0.25, 0.3) is 0 Å². The lowest BCUT2D eigenvalue weighted by molar-refractivity contribution is -0.730. The monoisotopic (exact) mass is 292 g/mol. The molecule has 0 atom stereocenters. The van der Waals surface area contributed by atoms with Crippen molar-refractivity contribution in [2.75, 3.05) is 13.1 Å². The van der Waals surface area contributed by atoms with Gasteiger partial charge in [0.2, 0.25) is 0 Å². The van der Waals surface area contributed by atoms with Crippen molar-refractivity contribution < 1.29 is 14.9 Å². The fourth-order valence-corrected chi connectivity index (χ4v) is 5.12. The highest BCUT2D eigenvalue weighted by Gasteiger charge is 2.53. The van der Waals surface area contributed by atoms with Crippen LogP contribution in [0.2, 0.25) is 0 Å². The molecule has 4 rings (SSSR count). The molecule has 4 N–H and O–H groups in total. The molecule has 0 spiro atoms. The fourth-order valence-electron chi connectivity index (χ4n) is 5.12. The van der Waals surface area contributed by atoms with Crippen molar-refractivity contribution in [2.45, 2.75) is 44.1 Å². The van der Waals surface area contributed by atoms with Crippen molar-refractivity contribution in [1.29, 1.82) is 0 Å². The van der Waals surface area contributed by atoms with Gasteiger partial charge in [0.15, 0.2) is 6.54 Å². The molecule has 0 aromatic rings. The zero-order chi connectivity index (χ0) is 14.9. The topological polar surface area (TPSA) is 74.8 Å². The van der Waals surface area contributed by atoms with Gasteiger partial charge in [-0.05, 0) is 37.0 Å². The van der Waals surface area contributed by atoms with E-state index in [1.165, 1.54) is 38.5 Å². The molecule has 0 aliphatic heterocycles. The Balaban J connectivity index is 1.47. The van der Waals surface area contributed by atoms with Crippen LogP contribution in [0.3, 0.4) is 0 Å². The zero-order valence-electron chi connectivity index (χ0n) is 12.6. The summed E-state index contributed by atoms with van der Waals surface area (Å²) in [7, 11) is 0. The molecule has 4 aliphatic carbocycles. The van der Waals surface area contributed by atoms with Crippen LogP contribution < -0.4 is 16.0 Å². The van der Waals surface area contributed by atoms with Gasteiger partial charge < -0.3 is 10.6 Å². The van der Waals surface area contributed by atoms with Crippen LogP contribution in [0.15, 0.2) is 12.7 Å². The molecule has 0 radical (unpaired) electrons. The summed E-state index contributed by atoms with van der Waals surface area (Å²) in [6, 6.07) is -0.432. The highest BCUT2D eigenvalue weighted by molar-refractivity contribution is 5.94. The van der Waals surface area contributed by atoms with Crippen molar-refractivity contribution in [3.05, 3.63) is 12.7 Å². The number of hydrogen-bond acceptors (Lipinski definition) is 2. The maximum absolute atomic E-state index is 11.9. The number of nitrogens with two attached hydrogens (primary N) is 1. The summed E-state index contributed by atoms with van der Waals surface area (Å²) < 4.78 is 0. The van der Waals surface area contributed by atoms with E-state index in [4.69, 9.17) is 0 Å². The van der Waals surface area contributed by atoms with Crippen molar-refractivity contribution in [3.8, 4) is 0 Å². The van der Waals surface area contributed by atoms with E-state index in [2.05, 4.69) is 22.5 Å². The second-order valence-corrected chi connectivity index (χ2v) is 7.24. The Bertz CT molecular complexity index is 412. The molecule has 4 fully saturated rings. The van der Waals surface area contributed by atoms with Crippen molar-refractivity contribution in [3.63, 3.8) is 0 Å². The van der Waals surface area contributed by atoms with Crippen LogP contribution in [-0.4, -0.2) is 30.6 Å². The van der Waals surface area contributed by atoms with Gasteiger partial charge in [0.1, 0.15) is 0 Å². The van der Waals surface area contributed by atoms with Crippen LogP contribution in [0.1, 0.15) is 38.5 Å². The molecule has 0 aromatic carbocycles. The minimum Gasteiger partial charge on any atom is -0.334 e. The molecule has 3 amide bonds. The summed E-state index contributed by atoms with van der Waals surface area (Å²) in [6.07, 6.45) is 9.58. The maximum Gasteiger partial charge on any atom is 0.321 e. The molecular formula is C16H26N3O2+. The largest absolute Gasteiger partial charge is 0.334 e. The molecule has 4 aliphatic rings. The average molecular weight is 292 g/mol. The van der Waals surface area contributed by atoms with Crippen LogP contribution in [0.4, 0.5) is 4.79 Å². The fraction of sp³-hybridized carbons (Fsp3) is 0.750. The summed E-state index contributed by atoms with van der Waals surface area (Å²) >= 11 is 0. The van der Waals surface area contributed by atoms with E-state index in [9.17, 15) is 9.59 Å². The molecule has 0 aromatic heterocycles. The Morgan fingerprint density at radius 2 is 1.71 bits per heavy atom. The van der Waals surface area contributed by atoms with Gasteiger partial charge in [0.25, 0.3) is 5.91 Å². The lowest BCUT2D eigenvalue weighted by atomic mass is 9.53. The van der Waals surface area contributed by atoms with E-state index in [1.54, 1.807) is 6.08 Å². The molecule has 5 heteroatoms. The first-order valence-corrected chi connectivity index (χ1v) is 8.11. The predicted molar refractivity (Wildman–Crippen MR) is 79.4 cm³/mol. The number of imide groups is 1. The van der Waals surface area contributed by atoms with E-state index < -0.39 is 6.03 Å². The molecule has 0 unspecified atom stereocenters. The SMILES string of the molecule is C=CCNC(=O)NC(=O)C[NH2+]C12CC3CC(CC(C3)C1)C2. The standard InChI is InChI=1S/C16H25N3O2/c1-2-3-17-15(21)19-14(20)10-18-16-7-11-4-12(8-16)6-13(5-11)9-16/h2,11-13,18H,1,3-10H2,(H2,17,19,20,21)/p+1. The Morgan fingerprint density at radius 3 is 2.24 bits per heavy atom. The quantitative estimate of drug-likeness (QED) is 0.647. The first-order valence-electron chi connectivity index (χ1n) is 8.11. The summed E-state index contributed by atoms with van der Waals surface area (Å²) in [5.74, 6) is 2.44. The van der Waals surface area contributed by atoms with E-state index >= 15 is 0 Å². The highest BCUT2D eigenvalue weighted by Crippen LogP contribution is 2.54.